The van der Waals surface area contributed by atoms with Crippen molar-refractivity contribution in [2.24, 2.45) is 0 Å². The molecule has 18 heavy (non-hydrogen) atoms. The van der Waals surface area contributed by atoms with Crippen molar-refractivity contribution in [1.29, 1.82) is 0 Å². The lowest BCUT2D eigenvalue weighted by atomic mass is 10.1. The number of nitrogens with zero attached hydrogens (tertiary/aromatic N) is 1. The molecule has 0 aliphatic carbocycles. The van der Waals surface area contributed by atoms with Gasteiger partial charge in [-0.3, -0.25) is 4.98 Å². The van der Waals surface area contributed by atoms with E-state index in [1.807, 2.05) is 42.6 Å². The number of hydrogen-bond acceptors (Lipinski definition) is 3. The van der Waals surface area contributed by atoms with Gasteiger partial charge in [0.05, 0.1) is 7.11 Å². The zero-order valence-corrected chi connectivity index (χ0v) is 10.1. The monoisotopic (exact) mass is 242 g/mol. The van der Waals surface area contributed by atoms with Crippen LogP contribution in [0.1, 0.15) is 5.56 Å². The summed E-state index contributed by atoms with van der Waals surface area (Å²) in [6.45, 7) is 0.445. The zero-order valence-electron chi connectivity index (χ0n) is 10.1. The molecule has 0 spiro atoms. The first-order valence-corrected chi connectivity index (χ1v) is 5.61. The average molecular weight is 242 g/mol. The highest BCUT2D eigenvalue weighted by Gasteiger charge is 2.01. The predicted octanol–water partition coefficient (Wildman–Crippen LogP) is 2.60. The molecule has 4 nitrogen and oxygen atoms in total. The van der Waals surface area contributed by atoms with Crippen LogP contribution in [0, 0.1) is 0 Å². The van der Waals surface area contributed by atoms with E-state index < -0.39 is 6.09 Å². The maximum absolute atomic E-state index is 11.0. The van der Waals surface area contributed by atoms with Crippen LogP contribution in [0.25, 0.3) is 11.1 Å². The normalized spacial score (nSPS) is 9.83. The highest BCUT2D eigenvalue weighted by Crippen LogP contribution is 2.18. The van der Waals surface area contributed by atoms with Crippen LogP contribution >= 0.6 is 0 Å². The van der Waals surface area contributed by atoms with Gasteiger partial charge in [0.15, 0.2) is 0 Å². The third-order valence-corrected chi connectivity index (χ3v) is 2.54. The van der Waals surface area contributed by atoms with Crippen molar-refractivity contribution in [1.82, 2.24) is 10.3 Å². The number of benzene rings is 1. The highest BCUT2D eigenvalue weighted by atomic mass is 16.5. The second-order valence-electron chi connectivity index (χ2n) is 3.79. The Morgan fingerprint density at radius 3 is 2.83 bits per heavy atom. The number of carbonyl (C=O) groups is 1. The van der Waals surface area contributed by atoms with Crippen molar-refractivity contribution < 1.29 is 9.53 Å². The fraction of sp³-hybridized carbons (Fsp3) is 0.143. The van der Waals surface area contributed by atoms with Gasteiger partial charge in [-0.2, -0.15) is 0 Å². The number of amides is 1. The summed E-state index contributed by atoms with van der Waals surface area (Å²) in [6.07, 6.45) is 3.13. The molecule has 92 valence electrons. The lowest BCUT2D eigenvalue weighted by Crippen LogP contribution is -2.22. The van der Waals surface area contributed by atoms with Crippen molar-refractivity contribution in [3.63, 3.8) is 0 Å². The molecule has 0 bridgehead atoms. The molecule has 0 aliphatic heterocycles. The Morgan fingerprint density at radius 2 is 2.11 bits per heavy atom. The minimum Gasteiger partial charge on any atom is -0.453 e. The molecule has 0 fully saturated rings. The molecule has 0 aliphatic rings. The summed E-state index contributed by atoms with van der Waals surface area (Å²) >= 11 is 0. The van der Waals surface area contributed by atoms with Gasteiger partial charge in [-0.15, -0.1) is 0 Å². The van der Waals surface area contributed by atoms with Gasteiger partial charge in [-0.25, -0.2) is 4.79 Å². The van der Waals surface area contributed by atoms with Crippen molar-refractivity contribution in [3.05, 3.63) is 54.4 Å². The van der Waals surface area contributed by atoms with Gasteiger partial charge in [0.1, 0.15) is 0 Å². The molecular formula is C14H14N2O2. The van der Waals surface area contributed by atoms with Crippen LogP contribution in [0.2, 0.25) is 0 Å². The molecule has 1 amide bonds. The van der Waals surface area contributed by atoms with E-state index in [1.165, 1.54) is 7.11 Å². The second kappa shape index (κ2) is 5.82. The van der Waals surface area contributed by atoms with Gasteiger partial charge < -0.3 is 10.1 Å². The van der Waals surface area contributed by atoms with Gasteiger partial charge in [0.2, 0.25) is 0 Å². The van der Waals surface area contributed by atoms with Crippen LogP contribution in [-0.2, 0) is 11.3 Å². The Balaban J connectivity index is 2.13. The molecular weight excluding hydrogens is 228 g/mol. The number of ether oxygens (including phenoxy) is 1. The van der Waals surface area contributed by atoms with Crippen LogP contribution in [0.5, 0.6) is 0 Å². The van der Waals surface area contributed by atoms with E-state index in [1.54, 1.807) is 6.20 Å². The fourth-order valence-electron chi connectivity index (χ4n) is 1.64. The SMILES string of the molecule is COC(=O)NCc1cccc(-c2cccnc2)c1. The first-order chi connectivity index (χ1) is 8.79. The molecule has 4 heteroatoms. The number of nitrogens with one attached hydrogen (secondary N) is 1. The third-order valence-electron chi connectivity index (χ3n) is 2.54. The van der Waals surface area contributed by atoms with Crippen molar-refractivity contribution in [2.45, 2.75) is 6.54 Å². The number of carbonyl (C=O) groups excluding carboxylic acids is 1. The van der Waals surface area contributed by atoms with Crippen molar-refractivity contribution >= 4 is 6.09 Å². The maximum atomic E-state index is 11.0. The molecule has 0 atom stereocenters. The van der Waals surface area contributed by atoms with Crippen molar-refractivity contribution in [3.8, 4) is 11.1 Å². The third kappa shape index (κ3) is 3.07. The summed E-state index contributed by atoms with van der Waals surface area (Å²) in [5.74, 6) is 0. The molecule has 2 aromatic rings. The summed E-state index contributed by atoms with van der Waals surface area (Å²) in [4.78, 5) is 15.1. The van der Waals surface area contributed by atoms with Gasteiger partial charge in [0.25, 0.3) is 0 Å². The largest absolute Gasteiger partial charge is 0.453 e. The predicted molar refractivity (Wildman–Crippen MR) is 68.9 cm³/mol. The molecule has 0 saturated heterocycles. The molecule has 1 aromatic heterocycles. The first kappa shape index (κ1) is 12.1. The Hall–Kier alpha value is -2.36. The number of alkyl carbamates (subject to hydrolysis) is 1. The lowest BCUT2D eigenvalue weighted by Gasteiger charge is -2.06. The quantitative estimate of drug-likeness (QED) is 0.900. The van der Waals surface area contributed by atoms with Gasteiger partial charge in [0, 0.05) is 18.9 Å². The number of methoxy groups -OCH3 is 1. The Labute approximate surface area is 106 Å². The van der Waals surface area contributed by atoms with Crippen LogP contribution in [0.3, 0.4) is 0 Å². The summed E-state index contributed by atoms with van der Waals surface area (Å²) in [5.41, 5.74) is 3.14. The van der Waals surface area contributed by atoms with Crippen molar-refractivity contribution in [2.75, 3.05) is 7.11 Å². The van der Waals surface area contributed by atoms with Gasteiger partial charge in [-0.05, 0) is 28.8 Å². The van der Waals surface area contributed by atoms with E-state index in [2.05, 4.69) is 15.0 Å². The van der Waals surface area contributed by atoms with E-state index in [0.717, 1.165) is 16.7 Å². The van der Waals surface area contributed by atoms with Crippen LogP contribution in [-0.4, -0.2) is 18.2 Å². The van der Waals surface area contributed by atoms with E-state index >= 15 is 0 Å². The molecule has 0 radical (unpaired) electrons. The number of pyridine rings is 1. The Bertz CT molecular complexity index is 526. The van der Waals surface area contributed by atoms with Crippen LogP contribution in [0.4, 0.5) is 4.79 Å². The number of hydrogen-bond donors (Lipinski definition) is 1. The molecule has 2 rings (SSSR count). The first-order valence-electron chi connectivity index (χ1n) is 5.61. The smallest absolute Gasteiger partial charge is 0.407 e. The molecule has 0 unspecified atom stereocenters. The summed E-state index contributed by atoms with van der Waals surface area (Å²) in [6, 6.07) is 11.8. The van der Waals surface area contributed by atoms with Crippen LogP contribution < -0.4 is 5.32 Å². The van der Waals surface area contributed by atoms with E-state index in [9.17, 15) is 4.79 Å². The summed E-state index contributed by atoms with van der Waals surface area (Å²) in [7, 11) is 1.35. The highest BCUT2D eigenvalue weighted by molar-refractivity contribution is 5.67. The number of aromatic nitrogens is 1. The number of rotatable bonds is 3. The molecule has 0 saturated carbocycles. The van der Waals surface area contributed by atoms with E-state index in [4.69, 9.17) is 0 Å². The zero-order chi connectivity index (χ0) is 12.8. The van der Waals surface area contributed by atoms with Gasteiger partial charge in [-0.1, -0.05) is 24.3 Å². The Kier molecular flexibility index (Phi) is 3.91. The molecule has 1 N–H and O–H groups in total. The van der Waals surface area contributed by atoms with Crippen LogP contribution in [0.15, 0.2) is 48.8 Å². The minimum atomic E-state index is -0.429. The summed E-state index contributed by atoms with van der Waals surface area (Å²) < 4.78 is 4.53. The summed E-state index contributed by atoms with van der Waals surface area (Å²) in [5, 5.41) is 2.65. The Morgan fingerprint density at radius 1 is 1.28 bits per heavy atom. The topological polar surface area (TPSA) is 51.2 Å². The average Bonchev–Trinajstić information content (AvgIpc) is 2.46. The van der Waals surface area contributed by atoms with E-state index in [-0.39, 0.29) is 0 Å². The molecule has 1 aromatic carbocycles. The lowest BCUT2D eigenvalue weighted by molar-refractivity contribution is 0.170. The maximum Gasteiger partial charge on any atom is 0.407 e. The van der Waals surface area contributed by atoms with E-state index in [0.29, 0.717) is 6.54 Å². The standard InChI is InChI=1S/C14H14N2O2/c1-18-14(17)16-9-11-4-2-5-12(8-11)13-6-3-7-15-10-13/h2-8,10H,9H2,1H3,(H,16,17). The fourth-order valence-corrected chi connectivity index (χ4v) is 1.64. The molecule has 1 heterocycles. The minimum absolute atomic E-state index is 0.429. The van der Waals surface area contributed by atoms with Gasteiger partial charge >= 0.3 is 6.09 Å². The second-order valence-corrected chi connectivity index (χ2v) is 3.79.